The maximum absolute atomic E-state index is 13.6. The molecule has 0 aliphatic carbocycles. The third-order valence-electron chi connectivity index (χ3n) is 4.11. The summed E-state index contributed by atoms with van der Waals surface area (Å²) in [7, 11) is 1.42. The normalized spacial score (nSPS) is 19.8. The summed E-state index contributed by atoms with van der Waals surface area (Å²) in [5.74, 6) is -0.642. The predicted octanol–water partition coefficient (Wildman–Crippen LogP) is 3.96. The molecule has 1 heterocycles. The molecule has 0 bridgehead atoms. The molecule has 2 aromatic rings. The van der Waals surface area contributed by atoms with Gasteiger partial charge in [-0.25, -0.2) is 0 Å². The molecule has 9 heteroatoms. The highest BCUT2D eigenvalue weighted by atomic mass is 79.9. The van der Waals surface area contributed by atoms with Crippen LogP contribution < -0.4 is 4.74 Å². The number of ether oxygens (including phenoxy) is 1. The van der Waals surface area contributed by atoms with Gasteiger partial charge < -0.3 is 9.84 Å². The highest BCUT2D eigenvalue weighted by Gasteiger charge is 2.63. The Morgan fingerprint density at radius 2 is 1.96 bits per heavy atom. The topological polar surface area (TPSA) is 62.1 Å². The minimum atomic E-state index is -5.10. The average Bonchev–Trinajstić information content (AvgIpc) is 3.00. The van der Waals surface area contributed by atoms with Crippen molar-refractivity contribution in [3.8, 4) is 5.75 Å². The number of aliphatic hydroxyl groups is 1. The lowest BCUT2D eigenvalue weighted by Crippen LogP contribution is -2.56. The van der Waals surface area contributed by atoms with Crippen molar-refractivity contribution in [2.45, 2.75) is 18.3 Å². The van der Waals surface area contributed by atoms with E-state index in [0.717, 1.165) is 0 Å². The number of amides is 1. The van der Waals surface area contributed by atoms with Gasteiger partial charge in [-0.1, -0.05) is 34.1 Å². The van der Waals surface area contributed by atoms with Crippen LogP contribution in [-0.4, -0.2) is 40.7 Å². The number of hydrazone groups is 1. The predicted molar refractivity (Wildman–Crippen MR) is 95.5 cm³/mol. The van der Waals surface area contributed by atoms with Crippen LogP contribution in [0.4, 0.5) is 13.2 Å². The Bertz CT molecular complexity index is 917. The van der Waals surface area contributed by atoms with Crippen molar-refractivity contribution in [1.82, 2.24) is 5.01 Å². The van der Waals surface area contributed by atoms with Crippen molar-refractivity contribution in [3.05, 3.63) is 64.1 Å². The smallest absolute Gasteiger partial charge is 0.438 e. The number of nitrogens with zero attached hydrogens (tertiary/aromatic N) is 2. The molecular formula is C18H14BrF3N2O3. The molecular weight excluding hydrogens is 429 g/mol. The fourth-order valence-corrected chi connectivity index (χ4v) is 3.09. The SMILES string of the molecule is COc1cccc(C2=NN(C(=O)c3cccc(Br)c3)C(O)(C(F)(F)F)C2)c1. The van der Waals surface area contributed by atoms with Gasteiger partial charge in [-0.05, 0) is 30.3 Å². The number of carbonyl (C=O) groups is 1. The Kier molecular flexibility index (Phi) is 5.00. The molecule has 0 saturated heterocycles. The third-order valence-corrected chi connectivity index (χ3v) is 4.60. The Balaban J connectivity index is 2.06. The number of alkyl halides is 3. The molecule has 142 valence electrons. The number of carbonyl (C=O) groups excluding carboxylic acids is 1. The largest absolute Gasteiger partial charge is 0.497 e. The average molecular weight is 443 g/mol. The first kappa shape index (κ1) is 19.4. The number of methoxy groups -OCH3 is 1. The van der Waals surface area contributed by atoms with Crippen molar-refractivity contribution in [2.24, 2.45) is 5.10 Å². The van der Waals surface area contributed by atoms with Crippen LogP contribution in [0.1, 0.15) is 22.3 Å². The van der Waals surface area contributed by atoms with Crippen LogP contribution in [0.5, 0.6) is 5.75 Å². The van der Waals surface area contributed by atoms with E-state index < -0.39 is 24.2 Å². The molecule has 27 heavy (non-hydrogen) atoms. The second-order valence-corrected chi connectivity index (χ2v) is 6.81. The minimum absolute atomic E-state index is 0.0392. The van der Waals surface area contributed by atoms with E-state index in [-0.39, 0.29) is 16.3 Å². The van der Waals surface area contributed by atoms with Crippen LogP contribution in [-0.2, 0) is 0 Å². The second kappa shape index (κ2) is 6.97. The molecule has 1 aliphatic rings. The molecule has 5 nitrogen and oxygen atoms in total. The fraction of sp³-hybridized carbons (Fsp3) is 0.222. The zero-order valence-corrected chi connectivity index (χ0v) is 15.6. The van der Waals surface area contributed by atoms with Gasteiger partial charge in [0, 0.05) is 15.6 Å². The maximum Gasteiger partial charge on any atom is 0.438 e. The van der Waals surface area contributed by atoms with E-state index in [1.807, 2.05) is 0 Å². The highest BCUT2D eigenvalue weighted by Crippen LogP contribution is 2.42. The van der Waals surface area contributed by atoms with Crippen LogP contribution in [0.25, 0.3) is 0 Å². The summed E-state index contributed by atoms with van der Waals surface area (Å²) in [6, 6.07) is 12.1. The molecule has 1 unspecified atom stereocenters. The van der Waals surface area contributed by atoms with Gasteiger partial charge in [0.05, 0.1) is 19.2 Å². The van der Waals surface area contributed by atoms with Crippen molar-refractivity contribution in [2.75, 3.05) is 7.11 Å². The van der Waals surface area contributed by atoms with Crippen LogP contribution in [0.3, 0.4) is 0 Å². The van der Waals surface area contributed by atoms with Crippen molar-refractivity contribution in [3.63, 3.8) is 0 Å². The molecule has 0 fully saturated rings. The zero-order valence-electron chi connectivity index (χ0n) is 14.0. The Morgan fingerprint density at radius 1 is 1.26 bits per heavy atom. The Labute approximate surface area is 161 Å². The van der Waals surface area contributed by atoms with E-state index in [9.17, 15) is 23.1 Å². The van der Waals surface area contributed by atoms with Gasteiger partial charge in [-0.3, -0.25) is 4.79 Å². The highest BCUT2D eigenvalue weighted by molar-refractivity contribution is 9.10. The molecule has 0 radical (unpaired) electrons. The monoisotopic (exact) mass is 442 g/mol. The van der Waals surface area contributed by atoms with Gasteiger partial charge in [0.1, 0.15) is 5.75 Å². The first-order valence-electron chi connectivity index (χ1n) is 7.77. The van der Waals surface area contributed by atoms with Crippen LogP contribution >= 0.6 is 15.9 Å². The summed E-state index contributed by atoms with van der Waals surface area (Å²) in [4.78, 5) is 12.7. The van der Waals surface area contributed by atoms with Crippen LogP contribution in [0, 0.1) is 0 Å². The molecule has 2 aromatic carbocycles. The second-order valence-electron chi connectivity index (χ2n) is 5.90. The van der Waals surface area contributed by atoms with Gasteiger partial charge in [0.25, 0.3) is 11.6 Å². The molecule has 1 aliphatic heterocycles. The zero-order chi connectivity index (χ0) is 19.8. The molecule has 0 saturated carbocycles. The number of benzene rings is 2. The van der Waals surface area contributed by atoms with E-state index in [0.29, 0.717) is 15.8 Å². The summed E-state index contributed by atoms with van der Waals surface area (Å²) >= 11 is 3.17. The summed E-state index contributed by atoms with van der Waals surface area (Å²) in [6.07, 6.45) is -5.98. The molecule has 1 N–H and O–H groups in total. The van der Waals surface area contributed by atoms with Crippen LogP contribution in [0.15, 0.2) is 58.1 Å². The molecule has 3 rings (SSSR count). The molecule has 1 atom stereocenters. The third kappa shape index (κ3) is 3.57. The first-order valence-corrected chi connectivity index (χ1v) is 8.56. The quantitative estimate of drug-likeness (QED) is 0.782. The molecule has 0 aromatic heterocycles. The maximum atomic E-state index is 13.6. The van der Waals surface area contributed by atoms with E-state index in [1.165, 1.54) is 37.4 Å². The summed E-state index contributed by atoms with van der Waals surface area (Å²) in [5, 5.41) is 14.3. The number of rotatable bonds is 3. The Hall–Kier alpha value is -2.39. The van der Waals surface area contributed by atoms with Crippen molar-refractivity contribution < 1.29 is 27.8 Å². The lowest BCUT2D eigenvalue weighted by atomic mass is 10.0. The summed E-state index contributed by atoms with van der Waals surface area (Å²) in [6.45, 7) is 0. The van der Waals surface area contributed by atoms with Gasteiger partial charge >= 0.3 is 6.18 Å². The lowest BCUT2D eigenvalue weighted by Gasteiger charge is -2.32. The number of halogens is 4. The van der Waals surface area contributed by atoms with Gasteiger partial charge in [0.2, 0.25) is 0 Å². The number of hydrogen-bond acceptors (Lipinski definition) is 4. The number of hydrogen-bond donors (Lipinski definition) is 1. The van der Waals surface area contributed by atoms with E-state index >= 15 is 0 Å². The fourth-order valence-electron chi connectivity index (χ4n) is 2.69. The van der Waals surface area contributed by atoms with Crippen LogP contribution in [0.2, 0.25) is 0 Å². The minimum Gasteiger partial charge on any atom is -0.497 e. The van der Waals surface area contributed by atoms with Crippen molar-refractivity contribution in [1.29, 1.82) is 0 Å². The van der Waals surface area contributed by atoms with Gasteiger partial charge in [-0.15, -0.1) is 0 Å². The van der Waals surface area contributed by atoms with E-state index in [4.69, 9.17) is 4.74 Å². The Morgan fingerprint density at radius 3 is 2.59 bits per heavy atom. The van der Waals surface area contributed by atoms with Crippen molar-refractivity contribution >= 4 is 27.5 Å². The van der Waals surface area contributed by atoms with Gasteiger partial charge in [0.15, 0.2) is 0 Å². The summed E-state index contributed by atoms with van der Waals surface area (Å²) < 4.78 is 46.5. The molecule has 1 amide bonds. The van der Waals surface area contributed by atoms with E-state index in [2.05, 4.69) is 21.0 Å². The van der Waals surface area contributed by atoms with E-state index in [1.54, 1.807) is 18.2 Å². The molecule has 0 spiro atoms. The summed E-state index contributed by atoms with van der Waals surface area (Å²) in [5.41, 5.74) is -3.23. The standard InChI is InChI=1S/C18H14BrF3N2O3/c1-27-14-7-3-4-11(9-14)15-10-17(26,18(20,21)22)24(23-15)16(25)12-5-2-6-13(19)8-12/h2-9,26H,10H2,1H3. The first-order chi connectivity index (χ1) is 12.7. The van der Waals surface area contributed by atoms with Gasteiger partial charge in [-0.2, -0.15) is 23.3 Å². The lowest BCUT2D eigenvalue weighted by molar-refractivity contribution is -0.297.